The number of nitrogens with one attached hydrogen (secondary N) is 1. The summed E-state index contributed by atoms with van der Waals surface area (Å²) in [6.07, 6.45) is 2.38. The molecule has 1 aliphatic heterocycles. The van der Waals surface area contributed by atoms with Crippen molar-refractivity contribution in [1.82, 2.24) is 4.90 Å². The Hall–Kier alpha value is -1.80. The molecule has 0 spiro atoms. The second-order valence-corrected chi connectivity index (χ2v) is 6.30. The molecule has 0 radical (unpaired) electrons. The van der Waals surface area contributed by atoms with Crippen LogP contribution in [0.4, 0.5) is 5.69 Å². The summed E-state index contributed by atoms with van der Waals surface area (Å²) in [6.45, 7) is 2.80. The van der Waals surface area contributed by atoms with Crippen LogP contribution in [0.2, 0.25) is 0 Å². The van der Waals surface area contributed by atoms with Crippen molar-refractivity contribution in [2.24, 2.45) is 10.7 Å². The number of aliphatic imine (C=N–C) groups is 1. The Morgan fingerprint density at radius 1 is 1.19 bits per heavy atom. The van der Waals surface area contributed by atoms with Crippen LogP contribution in [-0.2, 0) is 6.54 Å². The number of hydrogen-bond donors (Lipinski definition) is 2. The van der Waals surface area contributed by atoms with Gasteiger partial charge in [0, 0.05) is 12.6 Å². The molecule has 3 N–H and O–H groups in total. The van der Waals surface area contributed by atoms with Gasteiger partial charge in [-0.15, -0.1) is 24.0 Å². The van der Waals surface area contributed by atoms with E-state index in [0.29, 0.717) is 18.5 Å². The first kappa shape index (κ1) is 20.5. The highest BCUT2D eigenvalue weighted by atomic mass is 127. The van der Waals surface area contributed by atoms with E-state index in [2.05, 4.69) is 45.5 Å². The van der Waals surface area contributed by atoms with Crippen molar-refractivity contribution in [1.29, 1.82) is 0 Å². The number of para-hydroxylation sites is 2. The molecule has 3 rings (SSSR count). The molecular formula is C20H27IN4O. The zero-order valence-electron chi connectivity index (χ0n) is 15.1. The van der Waals surface area contributed by atoms with Gasteiger partial charge in [-0.3, -0.25) is 9.89 Å². The minimum Gasteiger partial charge on any atom is -0.495 e. The quantitative estimate of drug-likeness (QED) is 0.387. The third-order valence-corrected chi connectivity index (χ3v) is 4.57. The van der Waals surface area contributed by atoms with E-state index < -0.39 is 0 Å². The van der Waals surface area contributed by atoms with E-state index in [4.69, 9.17) is 10.5 Å². The summed E-state index contributed by atoms with van der Waals surface area (Å²) < 4.78 is 5.33. The van der Waals surface area contributed by atoms with Crippen molar-refractivity contribution in [2.45, 2.75) is 25.4 Å². The summed E-state index contributed by atoms with van der Waals surface area (Å²) >= 11 is 0. The number of benzene rings is 2. The molecule has 140 valence electrons. The molecule has 2 aromatic carbocycles. The lowest BCUT2D eigenvalue weighted by Gasteiger charge is -2.23. The molecule has 1 unspecified atom stereocenters. The summed E-state index contributed by atoms with van der Waals surface area (Å²) in [5.74, 6) is 1.18. The molecule has 5 nitrogen and oxygen atoms in total. The Balaban J connectivity index is 0.00000243. The van der Waals surface area contributed by atoms with Gasteiger partial charge in [0.15, 0.2) is 5.96 Å². The Morgan fingerprint density at radius 2 is 1.92 bits per heavy atom. The molecule has 2 aromatic rings. The van der Waals surface area contributed by atoms with Gasteiger partial charge in [-0.2, -0.15) is 0 Å². The first-order valence-electron chi connectivity index (χ1n) is 8.74. The third-order valence-electron chi connectivity index (χ3n) is 4.57. The maximum atomic E-state index is 6.07. The number of rotatable bonds is 6. The van der Waals surface area contributed by atoms with Crippen molar-refractivity contribution < 1.29 is 4.74 Å². The molecule has 1 atom stereocenters. The minimum absolute atomic E-state index is 0. The highest BCUT2D eigenvalue weighted by Crippen LogP contribution is 2.23. The number of anilines is 1. The summed E-state index contributed by atoms with van der Waals surface area (Å²) in [4.78, 5) is 7.05. The molecule has 1 aliphatic rings. The van der Waals surface area contributed by atoms with E-state index in [0.717, 1.165) is 30.9 Å². The van der Waals surface area contributed by atoms with Crippen molar-refractivity contribution in [3.63, 3.8) is 0 Å². The van der Waals surface area contributed by atoms with Crippen LogP contribution in [0.3, 0.4) is 0 Å². The van der Waals surface area contributed by atoms with Gasteiger partial charge in [-0.05, 0) is 37.1 Å². The normalized spacial score (nSPS) is 17.6. The number of ether oxygens (including phenoxy) is 1. The minimum atomic E-state index is 0. The molecule has 1 heterocycles. The van der Waals surface area contributed by atoms with Crippen molar-refractivity contribution in [3.05, 3.63) is 60.2 Å². The average molecular weight is 466 g/mol. The lowest BCUT2D eigenvalue weighted by Crippen LogP contribution is -2.33. The monoisotopic (exact) mass is 466 g/mol. The van der Waals surface area contributed by atoms with Gasteiger partial charge in [0.2, 0.25) is 0 Å². The Kier molecular flexibility index (Phi) is 8.18. The fourth-order valence-electron chi connectivity index (χ4n) is 3.26. The van der Waals surface area contributed by atoms with E-state index in [9.17, 15) is 0 Å². The van der Waals surface area contributed by atoms with Crippen LogP contribution in [0.25, 0.3) is 0 Å². The van der Waals surface area contributed by atoms with E-state index in [1.54, 1.807) is 7.11 Å². The number of hydrogen-bond acceptors (Lipinski definition) is 3. The van der Waals surface area contributed by atoms with Gasteiger partial charge in [-0.1, -0.05) is 42.5 Å². The maximum Gasteiger partial charge on any atom is 0.193 e. The van der Waals surface area contributed by atoms with Gasteiger partial charge in [0.05, 0.1) is 19.3 Å². The second-order valence-electron chi connectivity index (χ2n) is 6.30. The van der Waals surface area contributed by atoms with Crippen LogP contribution < -0.4 is 15.8 Å². The van der Waals surface area contributed by atoms with Gasteiger partial charge in [-0.25, -0.2) is 0 Å². The molecule has 0 amide bonds. The number of methoxy groups -OCH3 is 1. The van der Waals surface area contributed by atoms with Crippen molar-refractivity contribution in [2.75, 3.05) is 25.5 Å². The molecule has 0 saturated carbocycles. The largest absolute Gasteiger partial charge is 0.495 e. The Morgan fingerprint density at radius 3 is 2.69 bits per heavy atom. The standard InChI is InChI=1S/C20H26N4O.HI/c1-25-19-12-6-5-11-18(19)23-20(21)22-14-17-10-7-13-24(17)15-16-8-3-2-4-9-16;/h2-6,8-9,11-12,17H,7,10,13-15H2,1H3,(H3,21,22,23);1H. The highest BCUT2D eigenvalue weighted by Gasteiger charge is 2.24. The number of halogens is 1. The molecule has 0 aliphatic carbocycles. The first-order chi connectivity index (χ1) is 12.3. The zero-order valence-corrected chi connectivity index (χ0v) is 17.4. The van der Waals surface area contributed by atoms with Gasteiger partial charge >= 0.3 is 0 Å². The second kappa shape index (κ2) is 10.4. The van der Waals surface area contributed by atoms with Crippen LogP contribution in [-0.4, -0.2) is 37.1 Å². The number of guanidine groups is 1. The molecule has 1 saturated heterocycles. The summed E-state index contributed by atoms with van der Waals surface area (Å²) in [5.41, 5.74) is 8.25. The number of nitrogens with zero attached hydrogens (tertiary/aromatic N) is 2. The predicted octanol–water partition coefficient (Wildman–Crippen LogP) is 3.70. The fourth-order valence-corrected chi connectivity index (χ4v) is 3.26. The molecule has 6 heteroatoms. The predicted molar refractivity (Wildman–Crippen MR) is 118 cm³/mol. The zero-order chi connectivity index (χ0) is 17.5. The number of nitrogens with two attached hydrogens (primary N) is 1. The van der Waals surface area contributed by atoms with Gasteiger partial charge in [0.25, 0.3) is 0 Å². The lowest BCUT2D eigenvalue weighted by atomic mass is 10.2. The van der Waals surface area contributed by atoms with Crippen LogP contribution in [0.1, 0.15) is 18.4 Å². The SMILES string of the molecule is COc1ccccc1NC(N)=NCC1CCCN1Cc1ccccc1.I. The Bertz CT molecular complexity index is 708. The summed E-state index contributed by atoms with van der Waals surface area (Å²) in [6, 6.07) is 18.7. The molecule has 1 fully saturated rings. The summed E-state index contributed by atoms with van der Waals surface area (Å²) in [5, 5.41) is 3.13. The Labute approximate surface area is 172 Å². The van der Waals surface area contributed by atoms with Gasteiger partial charge in [0.1, 0.15) is 5.75 Å². The molecule has 0 aromatic heterocycles. The van der Waals surface area contributed by atoms with Crippen LogP contribution >= 0.6 is 24.0 Å². The van der Waals surface area contributed by atoms with Crippen LogP contribution in [0, 0.1) is 0 Å². The first-order valence-corrected chi connectivity index (χ1v) is 8.74. The van der Waals surface area contributed by atoms with Crippen molar-refractivity contribution in [3.8, 4) is 5.75 Å². The molecule has 26 heavy (non-hydrogen) atoms. The van der Waals surface area contributed by atoms with Crippen LogP contribution in [0.15, 0.2) is 59.6 Å². The molecular weight excluding hydrogens is 439 g/mol. The average Bonchev–Trinajstić information content (AvgIpc) is 3.08. The highest BCUT2D eigenvalue weighted by molar-refractivity contribution is 14.0. The fraction of sp³-hybridized carbons (Fsp3) is 0.350. The van der Waals surface area contributed by atoms with E-state index >= 15 is 0 Å². The van der Waals surface area contributed by atoms with E-state index in [-0.39, 0.29) is 24.0 Å². The van der Waals surface area contributed by atoms with Gasteiger partial charge < -0.3 is 15.8 Å². The maximum absolute atomic E-state index is 6.07. The smallest absolute Gasteiger partial charge is 0.193 e. The number of likely N-dealkylation sites (tertiary alicyclic amines) is 1. The topological polar surface area (TPSA) is 62.9 Å². The van der Waals surface area contributed by atoms with Crippen molar-refractivity contribution >= 4 is 35.6 Å². The third kappa shape index (κ3) is 5.60. The lowest BCUT2D eigenvalue weighted by molar-refractivity contribution is 0.250. The summed E-state index contributed by atoms with van der Waals surface area (Å²) in [7, 11) is 1.65. The van der Waals surface area contributed by atoms with E-state index in [1.807, 2.05) is 24.3 Å². The van der Waals surface area contributed by atoms with E-state index in [1.165, 1.54) is 12.0 Å². The van der Waals surface area contributed by atoms with Crippen LogP contribution in [0.5, 0.6) is 5.75 Å². The molecule has 0 bridgehead atoms.